The highest BCUT2D eigenvalue weighted by molar-refractivity contribution is 6.42. The maximum Gasteiger partial charge on any atom is 0.316 e. The number of carbonyl (C=O) groups excluding carboxylic acids is 1. The first kappa shape index (κ1) is 28.0. The van der Waals surface area contributed by atoms with Gasteiger partial charge in [-0.3, -0.25) is 4.79 Å². The van der Waals surface area contributed by atoms with E-state index in [0.29, 0.717) is 33.5 Å². The van der Waals surface area contributed by atoms with Gasteiger partial charge in [-0.1, -0.05) is 35.3 Å². The Bertz CT molecular complexity index is 1240. The summed E-state index contributed by atoms with van der Waals surface area (Å²) in [5.41, 5.74) is 2.85. The van der Waals surface area contributed by atoms with Crippen LogP contribution in [0.15, 0.2) is 48.8 Å². The van der Waals surface area contributed by atoms with E-state index in [1.807, 2.05) is 43.3 Å². The number of hydrogen-bond acceptors (Lipinski definition) is 7. The van der Waals surface area contributed by atoms with Crippen molar-refractivity contribution in [3.05, 3.63) is 64.4 Å². The molecule has 3 aromatic rings. The summed E-state index contributed by atoms with van der Waals surface area (Å²) in [5.74, 6) is 1.56. The van der Waals surface area contributed by atoms with Crippen molar-refractivity contribution in [1.29, 1.82) is 0 Å². The maximum absolute atomic E-state index is 12.4. The molecule has 1 aromatic heterocycles. The smallest absolute Gasteiger partial charge is 0.316 e. The van der Waals surface area contributed by atoms with Crippen LogP contribution in [0.3, 0.4) is 0 Å². The molecule has 8 nitrogen and oxygen atoms in total. The largest absolute Gasteiger partial charge is 0.493 e. The Morgan fingerprint density at radius 3 is 2.53 bits per heavy atom. The lowest BCUT2D eigenvalue weighted by atomic mass is 9.95. The van der Waals surface area contributed by atoms with Gasteiger partial charge < -0.3 is 24.8 Å². The number of halogens is 2. The van der Waals surface area contributed by atoms with Crippen molar-refractivity contribution >= 4 is 29.1 Å². The molecule has 0 saturated carbocycles. The van der Waals surface area contributed by atoms with Gasteiger partial charge >= 0.3 is 6.01 Å². The molecule has 38 heavy (non-hydrogen) atoms. The zero-order valence-corrected chi connectivity index (χ0v) is 23.2. The molecular formula is C28H32Cl2N4O4. The summed E-state index contributed by atoms with van der Waals surface area (Å²) in [6.45, 7) is 2.78. The molecule has 1 fully saturated rings. The molecule has 10 heteroatoms. The topological polar surface area (TPSA) is 94.6 Å². The summed E-state index contributed by atoms with van der Waals surface area (Å²) in [6, 6.07) is 11.8. The molecule has 202 valence electrons. The second kappa shape index (κ2) is 13.1. The standard InChI is InChI=1S/C28H32Cl2N4O4/c1-17(8-22-10-19(13-31-22)9-18-4-6-23(29)24(30)11-18)34-27(35)16-38-28-32-14-21(15-33-28)20-5-7-25(36-2)26(12-20)37-3/h4-7,11-12,14-15,17,19,22,31H,8-10,13,16H2,1-3H3,(H,34,35). The Morgan fingerprint density at radius 2 is 1.82 bits per heavy atom. The third kappa shape index (κ3) is 7.49. The second-order valence-electron chi connectivity index (χ2n) is 9.48. The molecular weight excluding hydrogens is 527 g/mol. The van der Waals surface area contributed by atoms with Crippen molar-refractivity contribution in [3.63, 3.8) is 0 Å². The maximum atomic E-state index is 12.4. The third-order valence-corrected chi connectivity index (χ3v) is 7.28. The van der Waals surface area contributed by atoms with Gasteiger partial charge in [0.2, 0.25) is 0 Å². The number of ether oxygens (including phenoxy) is 3. The van der Waals surface area contributed by atoms with Gasteiger partial charge in [-0.25, -0.2) is 9.97 Å². The minimum Gasteiger partial charge on any atom is -0.493 e. The summed E-state index contributed by atoms with van der Waals surface area (Å²) in [6.07, 6.45) is 6.10. The molecule has 2 heterocycles. The zero-order chi connectivity index (χ0) is 27.1. The highest BCUT2D eigenvalue weighted by Gasteiger charge is 2.26. The number of amides is 1. The molecule has 2 aromatic carbocycles. The van der Waals surface area contributed by atoms with Crippen LogP contribution in [-0.2, 0) is 11.2 Å². The predicted octanol–water partition coefficient (Wildman–Crippen LogP) is 4.96. The van der Waals surface area contributed by atoms with Crippen LogP contribution in [0, 0.1) is 5.92 Å². The zero-order valence-electron chi connectivity index (χ0n) is 21.7. The van der Waals surface area contributed by atoms with E-state index in [0.717, 1.165) is 36.9 Å². The molecule has 2 N–H and O–H groups in total. The molecule has 4 rings (SSSR count). The number of nitrogens with one attached hydrogen (secondary N) is 2. The van der Waals surface area contributed by atoms with Crippen LogP contribution in [0.25, 0.3) is 11.1 Å². The van der Waals surface area contributed by atoms with Crippen LogP contribution in [0.4, 0.5) is 0 Å². The monoisotopic (exact) mass is 558 g/mol. The van der Waals surface area contributed by atoms with Gasteiger partial charge in [0.1, 0.15) is 0 Å². The minimum absolute atomic E-state index is 0.000623. The first-order valence-electron chi connectivity index (χ1n) is 12.5. The van der Waals surface area contributed by atoms with Crippen LogP contribution >= 0.6 is 23.2 Å². The Morgan fingerprint density at radius 1 is 1.05 bits per heavy atom. The number of nitrogens with zero attached hydrogens (tertiary/aromatic N) is 2. The van der Waals surface area contributed by atoms with E-state index >= 15 is 0 Å². The van der Waals surface area contributed by atoms with Crippen molar-refractivity contribution in [2.75, 3.05) is 27.4 Å². The summed E-state index contributed by atoms with van der Waals surface area (Å²) in [4.78, 5) is 20.9. The molecule has 1 saturated heterocycles. The van der Waals surface area contributed by atoms with Gasteiger partial charge in [0, 0.05) is 30.0 Å². The van der Waals surface area contributed by atoms with E-state index < -0.39 is 0 Å². The quantitative estimate of drug-likeness (QED) is 0.343. The first-order chi connectivity index (χ1) is 18.3. The summed E-state index contributed by atoms with van der Waals surface area (Å²) >= 11 is 12.2. The van der Waals surface area contributed by atoms with Crippen molar-refractivity contribution in [1.82, 2.24) is 20.6 Å². The first-order valence-corrected chi connectivity index (χ1v) is 13.2. The minimum atomic E-state index is -0.213. The SMILES string of the molecule is COc1ccc(-c2cnc(OCC(=O)NC(C)CC3CC(Cc4ccc(Cl)c(Cl)c4)CN3)nc2)cc1OC. The molecule has 3 unspecified atom stereocenters. The van der Waals surface area contributed by atoms with E-state index in [1.165, 1.54) is 5.56 Å². The lowest BCUT2D eigenvalue weighted by Gasteiger charge is -2.18. The lowest BCUT2D eigenvalue weighted by molar-refractivity contribution is -0.123. The van der Waals surface area contributed by atoms with Crippen molar-refractivity contribution in [3.8, 4) is 28.6 Å². The van der Waals surface area contributed by atoms with Gasteiger partial charge in [-0.2, -0.15) is 0 Å². The number of rotatable bonds is 11. The van der Waals surface area contributed by atoms with Gasteiger partial charge in [0.15, 0.2) is 18.1 Å². The van der Waals surface area contributed by atoms with Gasteiger partial charge in [-0.15, -0.1) is 0 Å². The van der Waals surface area contributed by atoms with Crippen LogP contribution in [0.2, 0.25) is 10.0 Å². The number of carbonyl (C=O) groups is 1. The Hall–Kier alpha value is -3.07. The highest BCUT2D eigenvalue weighted by Crippen LogP contribution is 2.32. The summed E-state index contributed by atoms with van der Waals surface area (Å²) < 4.78 is 16.1. The summed E-state index contributed by atoms with van der Waals surface area (Å²) in [7, 11) is 3.17. The van der Waals surface area contributed by atoms with Gasteiger partial charge in [-0.05, 0) is 74.0 Å². The lowest BCUT2D eigenvalue weighted by Crippen LogP contribution is -2.39. The number of methoxy groups -OCH3 is 2. The van der Waals surface area contributed by atoms with Crippen LogP contribution in [0.1, 0.15) is 25.3 Å². The van der Waals surface area contributed by atoms with Crippen LogP contribution in [0.5, 0.6) is 17.5 Å². The van der Waals surface area contributed by atoms with Crippen molar-refractivity contribution in [2.24, 2.45) is 5.92 Å². The van der Waals surface area contributed by atoms with Crippen LogP contribution < -0.4 is 24.8 Å². The number of hydrogen-bond donors (Lipinski definition) is 2. The van der Waals surface area contributed by atoms with Crippen molar-refractivity contribution < 1.29 is 19.0 Å². The average Bonchev–Trinajstić information content (AvgIpc) is 3.35. The van der Waals surface area contributed by atoms with E-state index in [4.69, 9.17) is 37.4 Å². The fraction of sp³-hybridized carbons (Fsp3) is 0.393. The molecule has 0 bridgehead atoms. The molecule has 1 aliphatic heterocycles. The fourth-order valence-corrected chi connectivity index (χ4v) is 5.05. The Labute approximate surface area is 233 Å². The van der Waals surface area contributed by atoms with Gasteiger partial charge in [0.05, 0.1) is 24.3 Å². The second-order valence-corrected chi connectivity index (χ2v) is 10.3. The summed E-state index contributed by atoms with van der Waals surface area (Å²) in [5, 5.41) is 7.73. The highest BCUT2D eigenvalue weighted by atomic mass is 35.5. The number of aromatic nitrogens is 2. The normalized spacial score (nSPS) is 17.6. The van der Waals surface area contributed by atoms with E-state index in [1.54, 1.807) is 26.6 Å². The molecule has 1 amide bonds. The van der Waals surface area contributed by atoms with E-state index in [2.05, 4.69) is 20.6 Å². The average molecular weight is 559 g/mol. The molecule has 0 aliphatic carbocycles. The predicted molar refractivity (Wildman–Crippen MR) is 148 cm³/mol. The molecule has 1 aliphatic rings. The third-order valence-electron chi connectivity index (χ3n) is 6.54. The van der Waals surface area contributed by atoms with E-state index in [9.17, 15) is 4.79 Å². The Balaban J connectivity index is 1.20. The molecule has 0 radical (unpaired) electrons. The molecule has 0 spiro atoms. The van der Waals surface area contributed by atoms with Crippen LogP contribution in [-0.4, -0.2) is 55.3 Å². The Kier molecular flexibility index (Phi) is 9.66. The van der Waals surface area contributed by atoms with Crippen molar-refractivity contribution in [2.45, 2.75) is 38.3 Å². The molecule has 3 atom stereocenters. The van der Waals surface area contributed by atoms with E-state index in [-0.39, 0.29) is 24.6 Å². The number of benzene rings is 2. The van der Waals surface area contributed by atoms with Gasteiger partial charge in [0.25, 0.3) is 5.91 Å². The fourth-order valence-electron chi connectivity index (χ4n) is 4.73.